The summed E-state index contributed by atoms with van der Waals surface area (Å²) in [7, 11) is 0. The number of ether oxygens (including phenoxy) is 1. The van der Waals surface area contributed by atoms with E-state index >= 15 is 0 Å². The molecule has 0 radical (unpaired) electrons. The van der Waals surface area contributed by atoms with Gasteiger partial charge in [0, 0.05) is 17.2 Å². The summed E-state index contributed by atoms with van der Waals surface area (Å²) in [5, 5.41) is 22.7. The summed E-state index contributed by atoms with van der Waals surface area (Å²) in [6.07, 6.45) is 0.993. The summed E-state index contributed by atoms with van der Waals surface area (Å²) in [5.74, 6) is -3.50. The van der Waals surface area contributed by atoms with Crippen molar-refractivity contribution in [2.24, 2.45) is 0 Å². The van der Waals surface area contributed by atoms with Gasteiger partial charge < -0.3 is 14.9 Å². The Bertz CT molecular complexity index is 1000. The minimum Gasteiger partial charge on any atom is -0.488 e. The van der Waals surface area contributed by atoms with Crippen LogP contribution < -0.4 is 9.64 Å². The maximum Gasteiger partial charge on any atom is 0.419 e. The van der Waals surface area contributed by atoms with Crippen molar-refractivity contribution in [1.82, 2.24) is 0 Å². The van der Waals surface area contributed by atoms with Crippen LogP contribution in [-0.2, 0) is 9.59 Å². The number of carboxylic acids is 1. The van der Waals surface area contributed by atoms with E-state index in [4.69, 9.17) is 16.3 Å². The van der Waals surface area contributed by atoms with E-state index in [1.165, 1.54) is 6.08 Å². The van der Waals surface area contributed by atoms with E-state index in [9.17, 15) is 29.0 Å². The van der Waals surface area contributed by atoms with Crippen molar-refractivity contribution in [1.29, 1.82) is 0 Å². The zero-order valence-corrected chi connectivity index (χ0v) is 18.5. The topological polar surface area (TPSA) is 104 Å². The lowest BCUT2D eigenvalue weighted by Gasteiger charge is -2.23. The number of anilines is 1. The number of carboxylic acid groups (broad SMARTS) is 2. The Labute approximate surface area is 193 Å². The third kappa shape index (κ3) is 6.41. The van der Waals surface area contributed by atoms with Crippen LogP contribution in [0.25, 0.3) is 0 Å². The molecule has 32 heavy (non-hydrogen) atoms. The summed E-state index contributed by atoms with van der Waals surface area (Å²) in [5.41, 5.74) is -0.909. The number of benzene rings is 1. The Kier molecular flexibility index (Phi) is 9.42. The fourth-order valence-electron chi connectivity index (χ4n) is 2.99. The Hall–Kier alpha value is -3.17. The predicted octanol–water partition coefficient (Wildman–Crippen LogP) is 5.76. The third-order valence-corrected chi connectivity index (χ3v) is 5.33. The van der Waals surface area contributed by atoms with Gasteiger partial charge in [-0.05, 0) is 42.5 Å². The summed E-state index contributed by atoms with van der Waals surface area (Å²) in [6, 6.07) is 5.85. The van der Waals surface area contributed by atoms with Gasteiger partial charge in [-0.25, -0.2) is 18.9 Å². The molecule has 2 amide bonds. The van der Waals surface area contributed by atoms with Crippen LogP contribution in [0.2, 0.25) is 5.02 Å². The fraction of sp³-hybridized carbons (Fsp3) is 0.227. The molecule has 1 aliphatic rings. The molecule has 0 saturated heterocycles. The molecule has 0 bridgehead atoms. The van der Waals surface area contributed by atoms with Gasteiger partial charge in [-0.3, -0.25) is 4.79 Å². The number of nitrogens with zero attached hydrogens (tertiary/aromatic N) is 1. The van der Waals surface area contributed by atoms with E-state index in [2.05, 4.69) is 6.58 Å². The highest BCUT2D eigenvalue weighted by atomic mass is 35.5. The van der Waals surface area contributed by atoms with Gasteiger partial charge in [0.15, 0.2) is 0 Å². The first-order valence-electron chi connectivity index (χ1n) is 9.50. The number of aliphatic carboxylic acids is 1. The van der Waals surface area contributed by atoms with Gasteiger partial charge in [0.1, 0.15) is 18.2 Å². The molecule has 1 aromatic heterocycles. The molecule has 0 spiro atoms. The lowest BCUT2D eigenvalue weighted by atomic mass is 9.90. The zero-order chi connectivity index (χ0) is 23.7. The van der Waals surface area contributed by atoms with Crippen LogP contribution in [0.5, 0.6) is 5.75 Å². The maximum absolute atomic E-state index is 14.4. The quantitative estimate of drug-likeness (QED) is 0.508. The zero-order valence-electron chi connectivity index (χ0n) is 16.9. The molecule has 2 aromatic rings. The molecule has 0 atom stereocenters. The second-order valence-corrected chi connectivity index (χ2v) is 7.74. The van der Waals surface area contributed by atoms with Gasteiger partial charge in [0.2, 0.25) is 0 Å². The van der Waals surface area contributed by atoms with Crippen molar-refractivity contribution in [2.45, 2.75) is 25.7 Å². The molecule has 0 unspecified atom stereocenters. The second-order valence-electron chi connectivity index (χ2n) is 6.52. The van der Waals surface area contributed by atoms with Gasteiger partial charge in [-0.1, -0.05) is 36.4 Å². The van der Waals surface area contributed by atoms with Gasteiger partial charge >= 0.3 is 12.1 Å². The molecule has 0 saturated carbocycles. The van der Waals surface area contributed by atoms with Crippen LogP contribution in [0.4, 0.5) is 14.9 Å². The van der Waals surface area contributed by atoms with Crippen LogP contribution >= 0.6 is 22.9 Å². The Morgan fingerprint density at radius 1 is 1.16 bits per heavy atom. The Morgan fingerprint density at radius 2 is 1.78 bits per heavy atom. The average molecular weight is 482 g/mol. The number of hydrogen-bond acceptors (Lipinski definition) is 5. The predicted molar refractivity (Wildman–Crippen MR) is 120 cm³/mol. The molecule has 1 aromatic carbocycles. The molecule has 1 heterocycles. The van der Waals surface area contributed by atoms with Crippen LogP contribution in [0.3, 0.4) is 0 Å². The Morgan fingerprint density at radius 3 is 2.28 bits per heavy atom. The third-order valence-electron chi connectivity index (χ3n) is 4.40. The highest BCUT2D eigenvalue weighted by Crippen LogP contribution is 2.35. The monoisotopic (exact) mass is 481 g/mol. The van der Waals surface area contributed by atoms with E-state index < -0.39 is 29.5 Å². The molecule has 7 nitrogen and oxygen atoms in total. The number of hydrogen-bond donors (Lipinski definition) is 2. The Balaban J connectivity index is 0.000000636. The van der Waals surface area contributed by atoms with Gasteiger partial charge in [-0.15, -0.1) is 0 Å². The summed E-state index contributed by atoms with van der Waals surface area (Å²) < 4.78 is 19.6. The number of rotatable bonds is 6. The second kappa shape index (κ2) is 12.0. The summed E-state index contributed by atoms with van der Waals surface area (Å²) in [4.78, 5) is 36.0. The van der Waals surface area contributed by atoms with Gasteiger partial charge in [-0.2, -0.15) is 11.3 Å². The van der Waals surface area contributed by atoms with Crippen molar-refractivity contribution in [3.8, 4) is 5.75 Å². The van der Waals surface area contributed by atoms with Crippen molar-refractivity contribution >= 4 is 46.6 Å². The maximum atomic E-state index is 14.4. The molecule has 0 fully saturated rings. The van der Waals surface area contributed by atoms with Crippen LogP contribution in [0, 0.1) is 5.82 Å². The van der Waals surface area contributed by atoms with E-state index in [0.717, 1.165) is 12.1 Å². The number of carbonyl (C=O) groups is 3. The van der Waals surface area contributed by atoms with Crippen molar-refractivity contribution in [3.63, 3.8) is 0 Å². The number of imide groups is 1. The molecule has 3 rings (SSSR count). The molecular weight excluding hydrogens is 461 g/mol. The molecule has 0 aliphatic heterocycles. The molecule has 170 valence electrons. The van der Waals surface area contributed by atoms with E-state index in [0.29, 0.717) is 12.8 Å². The van der Waals surface area contributed by atoms with Crippen molar-refractivity contribution < 1.29 is 33.7 Å². The average Bonchev–Trinajstić information content (AvgIpc) is 3.34. The first-order valence-corrected chi connectivity index (χ1v) is 10.8. The largest absolute Gasteiger partial charge is 0.488 e. The minimum atomic E-state index is -1.75. The lowest BCUT2D eigenvalue weighted by molar-refractivity contribution is -0.133. The van der Waals surface area contributed by atoms with Crippen LogP contribution in [0.1, 0.15) is 25.7 Å². The first kappa shape index (κ1) is 25.1. The summed E-state index contributed by atoms with van der Waals surface area (Å²) >= 11 is 7.59. The van der Waals surface area contributed by atoms with E-state index in [1.807, 2.05) is 22.9 Å². The van der Waals surface area contributed by atoms with Gasteiger partial charge in [0.25, 0.3) is 5.91 Å². The molecule has 1 aliphatic carbocycles. The van der Waals surface area contributed by atoms with E-state index in [-0.39, 0.29) is 46.3 Å². The highest BCUT2D eigenvalue weighted by molar-refractivity contribution is 7.07. The van der Waals surface area contributed by atoms with Crippen molar-refractivity contribution in [3.05, 3.63) is 69.7 Å². The van der Waals surface area contributed by atoms with Gasteiger partial charge in [0.05, 0.1) is 10.7 Å². The summed E-state index contributed by atoms with van der Waals surface area (Å²) in [6.45, 7) is 3.49. The first-order chi connectivity index (χ1) is 15.3. The number of halogens is 2. The molecule has 2 N–H and O–H groups in total. The number of amides is 2. The number of thiophene rings is 1. The van der Waals surface area contributed by atoms with Crippen molar-refractivity contribution in [2.75, 3.05) is 11.5 Å². The number of carbonyl (C=O) groups excluding carboxylic acids is 1. The fourth-order valence-corrected chi connectivity index (χ4v) is 3.65. The van der Waals surface area contributed by atoms with Crippen LogP contribution in [-0.4, -0.2) is 34.8 Å². The minimum absolute atomic E-state index is 0.0279. The van der Waals surface area contributed by atoms with E-state index in [1.54, 1.807) is 11.3 Å². The molecule has 10 heteroatoms. The normalized spacial score (nSPS) is 12.9. The molecular formula is C22H21ClFNO6S. The highest BCUT2D eigenvalue weighted by Gasteiger charge is 2.33. The SMILES string of the molecule is C=CCOc1cc(N(C(=O)O)C(=O)C2=C(C(=O)O)CCCC2)c(F)cc1Cl.c1ccsc1. The van der Waals surface area contributed by atoms with Crippen LogP contribution in [0.15, 0.2) is 58.8 Å². The standard InChI is InChI=1S/C18H17ClFNO6.C4H4S/c1-2-7-27-15-9-14(13(20)8-12(15)19)21(18(25)26)16(22)10-5-3-4-6-11(10)17(23)24;1-2-4-5-3-1/h2,8-9H,1,3-7H2,(H,23,24)(H,25,26);1-4H. The lowest BCUT2D eigenvalue weighted by Crippen LogP contribution is -2.38. The smallest absolute Gasteiger partial charge is 0.419 e.